The van der Waals surface area contributed by atoms with Gasteiger partial charge in [0, 0.05) is 5.41 Å². The second-order valence-electron chi connectivity index (χ2n) is 4.68. The van der Waals surface area contributed by atoms with Gasteiger partial charge in [-0.25, -0.2) is 4.98 Å². The van der Waals surface area contributed by atoms with Gasteiger partial charge >= 0.3 is 0 Å². The summed E-state index contributed by atoms with van der Waals surface area (Å²) in [5, 5.41) is 3.57. The van der Waals surface area contributed by atoms with Crippen molar-refractivity contribution in [2.45, 2.75) is 27.2 Å². The number of anilines is 1. The lowest BCUT2D eigenvalue weighted by Crippen LogP contribution is -2.29. The van der Waals surface area contributed by atoms with E-state index in [1.807, 2.05) is 45.0 Å². The second-order valence-corrected chi connectivity index (χ2v) is 5.71. The van der Waals surface area contributed by atoms with Crippen LogP contribution in [0, 0.1) is 5.41 Å². The number of amides is 1. The predicted octanol–water partition coefficient (Wildman–Crippen LogP) is 3.67. The van der Waals surface area contributed by atoms with Gasteiger partial charge in [0.15, 0.2) is 5.13 Å². The second kappa shape index (κ2) is 4.45. The average Bonchev–Trinajstić information content (AvgIpc) is 2.70. The van der Waals surface area contributed by atoms with E-state index in [1.165, 1.54) is 11.3 Å². The van der Waals surface area contributed by atoms with Gasteiger partial charge in [0.2, 0.25) is 5.91 Å². The van der Waals surface area contributed by atoms with Crippen LogP contribution in [0.25, 0.3) is 10.2 Å². The molecule has 0 fully saturated rings. The van der Waals surface area contributed by atoms with Gasteiger partial charge in [-0.3, -0.25) is 4.79 Å². The average molecular weight is 248 g/mol. The number of nitrogens with zero attached hydrogens (tertiary/aromatic N) is 1. The summed E-state index contributed by atoms with van der Waals surface area (Å²) in [5.74, 6) is 0.0269. The highest BCUT2D eigenvalue weighted by atomic mass is 32.1. The Morgan fingerprint density at radius 1 is 1.41 bits per heavy atom. The maximum atomic E-state index is 12.0. The van der Waals surface area contributed by atoms with Crippen molar-refractivity contribution >= 4 is 32.6 Å². The summed E-state index contributed by atoms with van der Waals surface area (Å²) in [6, 6.07) is 7.88. The van der Waals surface area contributed by atoms with Crippen molar-refractivity contribution in [2.24, 2.45) is 5.41 Å². The number of thiazole rings is 1. The quantitative estimate of drug-likeness (QED) is 0.900. The summed E-state index contributed by atoms with van der Waals surface area (Å²) in [7, 11) is 0. The molecule has 2 aromatic rings. The molecule has 0 radical (unpaired) electrons. The van der Waals surface area contributed by atoms with Crippen LogP contribution in [0.3, 0.4) is 0 Å². The van der Waals surface area contributed by atoms with Crippen LogP contribution < -0.4 is 5.32 Å². The lowest BCUT2D eigenvalue weighted by molar-refractivity contribution is -0.124. The van der Waals surface area contributed by atoms with Crippen LogP contribution in [0.4, 0.5) is 5.13 Å². The first-order valence-electron chi connectivity index (χ1n) is 5.70. The molecular weight excluding hydrogens is 232 g/mol. The standard InChI is InChI=1S/C13H16N2OS/c1-4-13(2,3)11(16)15-12-14-9-7-5-6-8-10(9)17-12/h5-8H,4H2,1-3H3,(H,14,15,16). The van der Waals surface area contributed by atoms with E-state index in [2.05, 4.69) is 10.3 Å². The minimum atomic E-state index is -0.349. The van der Waals surface area contributed by atoms with Crippen LogP contribution in [0.1, 0.15) is 27.2 Å². The van der Waals surface area contributed by atoms with Crippen LogP contribution in [0.15, 0.2) is 24.3 Å². The number of nitrogens with one attached hydrogen (secondary N) is 1. The van der Waals surface area contributed by atoms with Gasteiger partial charge in [-0.05, 0) is 18.6 Å². The Kier molecular flexibility index (Phi) is 3.15. The normalized spacial score (nSPS) is 11.7. The molecule has 0 aliphatic carbocycles. The Labute approximate surface area is 105 Å². The number of carbonyl (C=O) groups excluding carboxylic acids is 1. The third kappa shape index (κ3) is 2.47. The first-order valence-corrected chi connectivity index (χ1v) is 6.51. The Morgan fingerprint density at radius 3 is 2.76 bits per heavy atom. The molecule has 2 rings (SSSR count). The Morgan fingerprint density at radius 2 is 2.12 bits per heavy atom. The zero-order valence-electron chi connectivity index (χ0n) is 10.3. The van der Waals surface area contributed by atoms with E-state index in [0.29, 0.717) is 5.13 Å². The fraction of sp³-hybridized carbons (Fsp3) is 0.385. The van der Waals surface area contributed by atoms with E-state index in [9.17, 15) is 4.79 Å². The Hall–Kier alpha value is -1.42. The molecule has 0 saturated heterocycles. The first kappa shape index (κ1) is 12.0. The largest absolute Gasteiger partial charge is 0.301 e. The smallest absolute Gasteiger partial charge is 0.231 e. The summed E-state index contributed by atoms with van der Waals surface area (Å²) < 4.78 is 1.09. The van der Waals surface area contributed by atoms with Gasteiger partial charge in [0.05, 0.1) is 10.2 Å². The molecule has 0 aliphatic rings. The van der Waals surface area contributed by atoms with Crippen molar-refractivity contribution in [2.75, 3.05) is 5.32 Å². The van der Waals surface area contributed by atoms with Crippen molar-refractivity contribution < 1.29 is 4.79 Å². The van der Waals surface area contributed by atoms with Gasteiger partial charge in [-0.1, -0.05) is 44.2 Å². The first-order chi connectivity index (χ1) is 8.03. The lowest BCUT2D eigenvalue weighted by Gasteiger charge is -2.20. The van der Waals surface area contributed by atoms with Crippen LogP contribution in [-0.2, 0) is 4.79 Å². The van der Waals surface area contributed by atoms with E-state index in [4.69, 9.17) is 0 Å². The minimum absolute atomic E-state index is 0.0269. The van der Waals surface area contributed by atoms with Crippen molar-refractivity contribution in [1.29, 1.82) is 0 Å². The number of fused-ring (bicyclic) bond motifs is 1. The number of rotatable bonds is 3. The highest BCUT2D eigenvalue weighted by Crippen LogP contribution is 2.28. The number of benzene rings is 1. The van der Waals surface area contributed by atoms with Crippen LogP contribution in [0.5, 0.6) is 0 Å². The monoisotopic (exact) mass is 248 g/mol. The molecule has 0 bridgehead atoms. The Balaban J connectivity index is 2.22. The molecule has 17 heavy (non-hydrogen) atoms. The van der Waals surface area contributed by atoms with E-state index < -0.39 is 0 Å². The molecular formula is C13H16N2OS. The molecule has 0 atom stereocenters. The molecule has 1 N–H and O–H groups in total. The van der Waals surface area contributed by atoms with E-state index in [-0.39, 0.29) is 11.3 Å². The zero-order chi connectivity index (χ0) is 12.5. The van der Waals surface area contributed by atoms with Crippen molar-refractivity contribution in [3.8, 4) is 0 Å². The minimum Gasteiger partial charge on any atom is -0.301 e. The van der Waals surface area contributed by atoms with Gasteiger partial charge in [-0.15, -0.1) is 0 Å². The molecule has 4 heteroatoms. The highest BCUT2D eigenvalue weighted by Gasteiger charge is 2.25. The van der Waals surface area contributed by atoms with Crippen LogP contribution in [0.2, 0.25) is 0 Å². The maximum absolute atomic E-state index is 12.0. The molecule has 1 amide bonds. The van der Waals surface area contributed by atoms with E-state index in [0.717, 1.165) is 16.6 Å². The van der Waals surface area contributed by atoms with E-state index in [1.54, 1.807) is 0 Å². The number of para-hydroxylation sites is 1. The van der Waals surface area contributed by atoms with Gasteiger partial charge < -0.3 is 5.32 Å². The molecule has 1 aromatic heterocycles. The molecule has 90 valence electrons. The summed E-state index contributed by atoms with van der Waals surface area (Å²) in [6.45, 7) is 5.89. The lowest BCUT2D eigenvalue weighted by atomic mass is 9.89. The summed E-state index contributed by atoms with van der Waals surface area (Å²) >= 11 is 1.51. The summed E-state index contributed by atoms with van der Waals surface area (Å²) in [4.78, 5) is 16.4. The highest BCUT2D eigenvalue weighted by molar-refractivity contribution is 7.22. The molecule has 3 nitrogen and oxygen atoms in total. The molecule has 0 aliphatic heterocycles. The number of hydrogen-bond acceptors (Lipinski definition) is 3. The van der Waals surface area contributed by atoms with Crippen LogP contribution >= 0.6 is 11.3 Å². The number of hydrogen-bond donors (Lipinski definition) is 1. The molecule has 0 unspecified atom stereocenters. The summed E-state index contributed by atoms with van der Waals surface area (Å²) in [6.07, 6.45) is 0.809. The molecule has 0 spiro atoms. The van der Waals surface area contributed by atoms with Crippen molar-refractivity contribution in [3.05, 3.63) is 24.3 Å². The van der Waals surface area contributed by atoms with Gasteiger partial charge in [0.1, 0.15) is 0 Å². The summed E-state index contributed by atoms with van der Waals surface area (Å²) in [5.41, 5.74) is 0.583. The SMILES string of the molecule is CCC(C)(C)C(=O)Nc1nc2ccccc2s1. The van der Waals surface area contributed by atoms with Gasteiger partial charge in [-0.2, -0.15) is 0 Å². The topological polar surface area (TPSA) is 42.0 Å². The Bertz CT molecular complexity index is 512. The number of aromatic nitrogens is 1. The fourth-order valence-electron chi connectivity index (χ4n) is 1.35. The third-order valence-electron chi connectivity index (χ3n) is 3.01. The maximum Gasteiger partial charge on any atom is 0.231 e. The molecule has 0 saturated carbocycles. The zero-order valence-corrected chi connectivity index (χ0v) is 11.1. The third-order valence-corrected chi connectivity index (χ3v) is 3.96. The molecule has 1 aromatic carbocycles. The predicted molar refractivity (Wildman–Crippen MR) is 72.3 cm³/mol. The van der Waals surface area contributed by atoms with Crippen molar-refractivity contribution in [3.63, 3.8) is 0 Å². The van der Waals surface area contributed by atoms with Gasteiger partial charge in [0.25, 0.3) is 0 Å². The van der Waals surface area contributed by atoms with E-state index >= 15 is 0 Å². The van der Waals surface area contributed by atoms with Crippen molar-refractivity contribution in [1.82, 2.24) is 4.98 Å². The number of carbonyl (C=O) groups is 1. The fourth-order valence-corrected chi connectivity index (χ4v) is 2.21. The van der Waals surface area contributed by atoms with Crippen LogP contribution in [-0.4, -0.2) is 10.9 Å². The molecule has 1 heterocycles.